The molecule has 1 aliphatic rings. The van der Waals surface area contributed by atoms with E-state index in [1.807, 2.05) is 0 Å². The topological polar surface area (TPSA) is 160 Å². The van der Waals surface area contributed by atoms with Crippen LogP contribution in [0.25, 0.3) is 5.69 Å². The third-order valence-electron chi connectivity index (χ3n) is 7.22. The first kappa shape index (κ1) is 33.6. The van der Waals surface area contributed by atoms with Crippen LogP contribution < -0.4 is 14.8 Å². The summed E-state index contributed by atoms with van der Waals surface area (Å²) in [5, 5.41) is 16.3. The Kier molecular flexibility index (Phi) is 10.7. The zero-order valence-corrected chi connectivity index (χ0v) is 25.8. The van der Waals surface area contributed by atoms with Gasteiger partial charge in [0.25, 0.3) is 5.91 Å². The van der Waals surface area contributed by atoms with Gasteiger partial charge in [-0.15, -0.1) is 0 Å². The second-order valence-corrected chi connectivity index (χ2v) is 11.7. The molecule has 4 rings (SSSR count). The number of hydrogen-bond donors (Lipinski definition) is 2. The Labute approximate surface area is 264 Å². The molecule has 3 amide bonds. The standard InChI is InChI=1S/C32H36FN5O8/c1-32(2,3)26(39)20-45-27-19-25(35-38(27)22-7-5-4-6-8-22)29(42)34-24(13-14-28(40)41)30(43)36-15-17-37(18-16-36)31(44)46-23-11-9-21(33)10-12-23/h4-12,19,24H,13-18,20H2,1-3H3,(H,34,42)(H,40,41)/t24-/m0/s1. The second-order valence-electron chi connectivity index (χ2n) is 11.7. The van der Waals surface area contributed by atoms with Crippen molar-refractivity contribution in [2.24, 2.45) is 5.41 Å². The zero-order chi connectivity index (χ0) is 33.4. The highest BCUT2D eigenvalue weighted by molar-refractivity contribution is 5.96. The third kappa shape index (κ3) is 8.89. The van der Waals surface area contributed by atoms with Gasteiger partial charge in [0, 0.05) is 44.1 Å². The van der Waals surface area contributed by atoms with Crippen LogP contribution >= 0.6 is 0 Å². The largest absolute Gasteiger partial charge is 0.481 e. The Morgan fingerprint density at radius 2 is 1.59 bits per heavy atom. The van der Waals surface area contributed by atoms with Crippen LogP contribution in [0.4, 0.5) is 9.18 Å². The molecule has 0 unspecified atom stereocenters. The molecule has 1 saturated heterocycles. The summed E-state index contributed by atoms with van der Waals surface area (Å²) < 4.78 is 25.5. The molecule has 1 fully saturated rings. The Bertz CT molecular complexity index is 1560. The van der Waals surface area contributed by atoms with Gasteiger partial charge in [-0.2, -0.15) is 5.10 Å². The molecule has 46 heavy (non-hydrogen) atoms. The van der Waals surface area contributed by atoms with Gasteiger partial charge >= 0.3 is 12.1 Å². The van der Waals surface area contributed by atoms with Crippen molar-refractivity contribution < 1.29 is 42.9 Å². The predicted octanol–water partition coefficient (Wildman–Crippen LogP) is 3.31. The van der Waals surface area contributed by atoms with E-state index in [2.05, 4.69) is 10.4 Å². The van der Waals surface area contributed by atoms with Gasteiger partial charge in [0.15, 0.2) is 11.5 Å². The number of Topliss-reactive ketones (excluding diaryl/α,β-unsaturated/α-hetero) is 1. The van der Waals surface area contributed by atoms with Crippen LogP contribution in [0.3, 0.4) is 0 Å². The molecule has 2 aromatic carbocycles. The highest BCUT2D eigenvalue weighted by Gasteiger charge is 2.32. The number of amides is 3. The number of nitrogens with one attached hydrogen (secondary N) is 1. The minimum absolute atomic E-state index is 0.108. The fraction of sp³-hybridized carbons (Fsp3) is 0.375. The van der Waals surface area contributed by atoms with Gasteiger partial charge in [0.2, 0.25) is 11.8 Å². The lowest BCUT2D eigenvalue weighted by atomic mass is 9.91. The van der Waals surface area contributed by atoms with Gasteiger partial charge in [-0.05, 0) is 42.8 Å². The van der Waals surface area contributed by atoms with Crippen LogP contribution in [-0.4, -0.2) is 93.2 Å². The number of hydrogen-bond acceptors (Lipinski definition) is 8. The van der Waals surface area contributed by atoms with Gasteiger partial charge in [0.1, 0.15) is 24.2 Å². The molecule has 2 N–H and O–H groups in total. The molecule has 244 valence electrons. The van der Waals surface area contributed by atoms with Crippen molar-refractivity contribution in [3.05, 3.63) is 72.2 Å². The molecule has 1 aliphatic heterocycles. The maximum atomic E-state index is 13.5. The van der Waals surface area contributed by atoms with Crippen molar-refractivity contribution >= 4 is 29.7 Å². The van der Waals surface area contributed by atoms with Crippen molar-refractivity contribution in [3.8, 4) is 17.3 Å². The normalized spacial score (nSPS) is 13.9. The smallest absolute Gasteiger partial charge is 0.415 e. The molecule has 1 aromatic heterocycles. The Morgan fingerprint density at radius 1 is 0.957 bits per heavy atom. The third-order valence-corrected chi connectivity index (χ3v) is 7.22. The quantitative estimate of drug-likeness (QED) is 0.322. The molecule has 0 aliphatic carbocycles. The van der Waals surface area contributed by atoms with E-state index in [1.54, 1.807) is 51.1 Å². The average Bonchev–Trinajstić information content (AvgIpc) is 3.47. The first-order chi connectivity index (χ1) is 21.8. The number of carbonyl (C=O) groups excluding carboxylic acids is 4. The summed E-state index contributed by atoms with van der Waals surface area (Å²) in [4.78, 5) is 66.2. The molecule has 2 heterocycles. The summed E-state index contributed by atoms with van der Waals surface area (Å²) in [5.74, 6) is -2.74. The number of aromatic nitrogens is 2. The minimum Gasteiger partial charge on any atom is -0.481 e. The first-order valence-electron chi connectivity index (χ1n) is 14.7. The molecule has 0 spiro atoms. The first-order valence-corrected chi connectivity index (χ1v) is 14.7. The van der Waals surface area contributed by atoms with E-state index in [1.165, 1.54) is 44.8 Å². The lowest BCUT2D eigenvalue weighted by molar-refractivity contribution is -0.138. The Balaban J connectivity index is 1.45. The molecule has 0 saturated carbocycles. The maximum absolute atomic E-state index is 13.5. The van der Waals surface area contributed by atoms with E-state index in [9.17, 15) is 33.5 Å². The second kappa shape index (κ2) is 14.7. The van der Waals surface area contributed by atoms with Crippen LogP contribution in [0.1, 0.15) is 44.1 Å². The van der Waals surface area contributed by atoms with Crippen LogP contribution in [0.2, 0.25) is 0 Å². The number of piperazine rings is 1. The molecular weight excluding hydrogens is 601 g/mol. The van der Waals surface area contributed by atoms with Gasteiger partial charge in [0.05, 0.1) is 5.69 Å². The number of ketones is 1. The number of para-hydroxylation sites is 1. The summed E-state index contributed by atoms with van der Waals surface area (Å²) in [7, 11) is 0. The molecule has 14 heteroatoms. The monoisotopic (exact) mass is 637 g/mol. The van der Waals surface area contributed by atoms with E-state index < -0.39 is 41.2 Å². The summed E-state index contributed by atoms with van der Waals surface area (Å²) >= 11 is 0. The highest BCUT2D eigenvalue weighted by Crippen LogP contribution is 2.22. The van der Waals surface area contributed by atoms with E-state index in [0.717, 1.165) is 0 Å². The lowest BCUT2D eigenvalue weighted by Gasteiger charge is -2.35. The van der Waals surface area contributed by atoms with Crippen molar-refractivity contribution in [2.75, 3.05) is 32.8 Å². The van der Waals surface area contributed by atoms with E-state index in [0.29, 0.717) is 5.69 Å². The lowest BCUT2D eigenvalue weighted by Crippen LogP contribution is -2.56. The van der Waals surface area contributed by atoms with Gasteiger partial charge in [-0.3, -0.25) is 19.2 Å². The number of ether oxygens (including phenoxy) is 2. The fourth-order valence-corrected chi connectivity index (χ4v) is 4.44. The van der Waals surface area contributed by atoms with Crippen LogP contribution in [0.15, 0.2) is 60.7 Å². The van der Waals surface area contributed by atoms with E-state index >= 15 is 0 Å². The number of benzene rings is 2. The molecule has 0 radical (unpaired) electrons. The molecular formula is C32H36FN5O8. The molecule has 13 nitrogen and oxygen atoms in total. The number of carboxylic acid groups (broad SMARTS) is 1. The predicted molar refractivity (Wildman–Crippen MR) is 162 cm³/mol. The van der Waals surface area contributed by atoms with Gasteiger partial charge in [-0.1, -0.05) is 39.0 Å². The summed E-state index contributed by atoms with van der Waals surface area (Å²) in [6, 6.07) is 13.9. The highest BCUT2D eigenvalue weighted by atomic mass is 19.1. The molecule has 1 atom stereocenters. The number of halogens is 1. The van der Waals surface area contributed by atoms with Crippen molar-refractivity contribution in [1.82, 2.24) is 24.9 Å². The SMILES string of the molecule is CC(C)(C)C(=O)COc1cc(C(=O)N[C@@H](CCC(=O)O)C(=O)N2CCN(C(=O)Oc3ccc(F)cc3)CC2)nn1-c1ccccc1. The number of carbonyl (C=O) groups is 5. The molecule has 3 aromatic rings. The number of aliphatic carboxylic acids is 1. The number of rotatable bonds is 11. The average molecular weight is 638 g/mol. The number of carboxylic acids is 1. The van der Waals surface area contributed by atoms with Gasteiger partial charge < -0.3 is 29.7 Å². The maximum Gasteiger partial charge on any atom is 0.415 e. The van der Waals surface area contributed by atoms with Crippen molar-refractivity contribution in [1.29, 1.82) is 0 Å². The van der Waals surface area contributed by atoms with E-state index in [4.69, 9.17) is 9.47 Å². The summed E-state index contributed by atoms with van der Waals surface area (Å²) in [5.41, 5.74) is -0.193. The molecule has 0 bridgehead atoms. The fourth-order valence-electron chi connectivity index (χ4n) is 4.44. The van der Waals surface area contributed by atoms with E-state index in [-0.39, 0.29) is 68.7 Å². The Hall–Kier alpha value is -5.27. The van der Waals surface area contributed by atoms with Crippen LogP contribution in [-0.2, 0) is 14.4 Å². The summed E-state index contributed by atoms with van der Waals surface area (Å²) in [6.45, 7) is 5.51. The van der Waals surface area contributed by atoms with Crippen molar-refractivity contribution in [3.63, 3.8) is 0 Å². The van der Waals surface area contributed by atoms with Gasteiger partial charge in [-0.25, -0.2) is 13.9 Å². The number of nitrogens with zero attached hydrogens (tertiary/aromatic N) is 4. The zero-order valence-electron chi connectivity index (χ0n) is 25.8. The summed E-state index contributed by atoms with van der Waals surface area (Å²) in [6.07, 6.45) is -1.23. The van der Waals surface area contributed by atoms with Crippen LogP contribution in [0.5, 0.6) is 11.6 Å². The van der Waals surface area contributed by atoms with Crippen molar-refractivity contribution in [2.45, 2.75) is 39.7 Å². The van der Waals surface area contributed by atoms with Crippen LogP contribution in [0, 0.1) is 11.2 Å². The Morgan fingerprint density at radius 3 is 2.20 bits per heavy atom. The minimum atomic E-state index is -1.20.